The number of aromatic nitrogens is 2. The quantitative estimate of drug-likeness (QED) is 0.434. The minimum atomic E-state index is -0.463. The summed E-state index contributed by atoms with van der Waals surface area (Å²) < 4.78 is 7.46. The second-order valence-corrected chi connectivity index (χ2v) is 7.07. The van der Waals surface area contributed by atoms with Gasteiger partial charge in [0.2, 0.25) is 0 Å². The molecule has 0 aliphatic rings. The molecule has 0 saturated carbocycles. The molecule has 3 rings (SSSR count). The number of benzene rings is 2. The third-order valence-corrected chi connectivity index (χ3v) is 4.62. The van der Waals surface area contributed by atoms with Crippen molar-refractivity contribution in [3.8, 4) is 11.4 Å². The number of amides is 1. The summed E-state index contributed by atoms with van der Waals surface area (Å²) in [7, 11) is 0. The molecule has 0 fully saturated rings. The van der Waals surface area contributed by atoms with Crippen molar-refractivity contribution in [3.63, 3.8) is 0 Å². The van der Waals surface area contributed by atoms with Crippen LogP contribution in [0.2, 0.25) is 5.02 Å². The molecular formula is C19H16BrClN4O3. The highest BCUT2D eigenvalue weighted by molar-refractivity contribution is 9.10. The highest BCUT2D eigenvalue weighted by Crippen LogP contribution is 2.27. The van der Waals surface area contributed by atoms with E-state index in [0.717, 1.165) is 0 Å². The maximum absolute atomic E-state index is 12.5. The summed E-state index contributed by atoms with van der Waals surface area (Å²) in [5.74, 6) is 0.0189. The van der Waals surface area contributed by atoms with Gasteiger partial charge in [0.15, 0.2) is 6.61 Å². The first-order valence-corrected chi connectivity index (χ1v) is 9.39. The number of H-pyrrole nitrogens is 1. The zero-order valence-corrected chi connectivity index (χ0v) is 17.1. The minimum Gasteiger partial charge on any atom is -0.483 e. The second kappa shape index (κ2) is 8.90. The van der Waals surface area contributed by atoms with Crippen LogP contribution in [0.1, 0.15) is 11.3 Å². The summed E-state index contributed by atoms with van der Waals surface area (Å²) in [6, 6.07) is 14.1. The molecule has 1 heterocycles. The molecule has 0 saturated heterocycles. The van der Waals surface area contributed by atoms with Gasteiger partial charge < -0.3 is 4.74 Å². The van der Waals surface area contributed by atoms with Gasteiger partial charge in [0.1, 0.15) is 5.75 Å². The first-order valence-electron chi connectivity index (χ1n) is 8.22. The maximum Gasteiger partial charge on any atom is 0.280 e. The molecule has 3 aromatic rings. The predicted molar refractivity (Wildman–Crippen MR) is 112 cm³/mol. The van der Waals surface area contributed by atoms with Gasteiger partial charge in [0.05, 0.1) is 21.9 Å². The monoisotopic (exact) mass is 462 g/mol. The number of halogens is 2. The van der Waals surface area contributed by atoms with E-state index in [-0.39, 0.29) is 12.2 Å². The molecule has 0 aliphatic carbocycles. The second-order valence-electron chi connectivity index (χ2n) is 5.78. The molecule has 0 atom stereocenters. The van der Waals surface area contributed by atoms with E-state index >= 15 is 0 Å². The standard InChI is InChI=1S/C19H16BrClN4O3/c1-12-15(19(27)25(24-12)14-5-3-2-4-6-14)10-22-23-18(26)11-28-17-8-7-13(21)9-16(17)20/h2-10,24H,11H2,1H3,(H,23,26)/b22-10+. The van der Waals surface area contributed by atoms with Crippen LogP contribution in [0, 0.1) is 6.92 Å². The number of para-hydroxylation sites is 1. The number of hydrazone groups is 1. The number of hydrogen-bond donors (Lipinski definition) is 2. The Morgan fingerprint density at radius 2 is 2.07 bits per heavy atom. The number of nitrogens with one attached hydrogen (secondary N) is 2. The molecule has 0 spiro atoms. The van der Waals surface area contributed by atoms with E-state index in [9.17, 15) is 9.59 Å². The molecule has 1 aromatic heterocycles. The molecule has 9 heteroatoms. The lowest BCUT2D eigenvalue weighted by molar-refractivity contribution is -0.123. The van der Waals surface area contributed by atoms with E-state index in [1.165, 1.54) is 10.9 Å². The molecule has 0 unspecified atom stereocenters. The molecule has 0 bridgehead atoms. The van der Waals surface area contributed by atoms with Gasteiger partial charge in [-0.3, -0.25) is 14.7 Å². The highest BCUT2D eigenvalue weighted by atomic mass is 79.9. The van der Waals surface area contributed by atoms with Gasteiger partial charge in [-0.25, -0.2) is 10.1 Å². The van der Waals surface area contributed by atoms with Crippen molar-refractivity contribution < 1.29 is 9.53 Å². The van der Waals surface area contributed by atoms with Crippen molar-refractivity contribution in [2.24, 2.45) is 5.10 Å². The molecule has 7 nitrogen and oxygen atoms in total. The Bertz CT molecular complexity index is 1080. The fourth-order valence-electron chi connectivity index (χ4n) is 2.41. The predicted octanol–water partition coefficient (Wildman–Crippen LogP) is 3.42. The average molecular weight is 464 g/mol. The van der Waals surface area contributed by atoms with Crippen LogP contribution in [-0.4, -0.2) is 28.5 Å². The molecule has 2 aromatic carbocycles. The van der Waals surface area contributed by atoms with Crippen LogP contribution in [-0.2, 0) is 4.79 Å². The number of carbonyl (C=O) groups excluding carboxylic acids is 1. The van der Waals surface area contributed by atoms with E-state index in [1.807, 2.05) is 30.3 Å². The van der Waals surface area contributed by atoms with Crippen molar-refractivity contribution >= 4 is 39.7 Å². The first-order chi connectivity index (χ1) is 13.5. The topological polar surface area (TPSA) is 88.5 Å². The minimum absolute atomic E-state index is 0.238. The Kier molecular flexibility index (Phi) is 6.33. The Labute approximate surface area is 174 Å². The normalized spacial score (nSPS) is 11.0. The Morgan fingerprint density at radius 3 is 2.79 bits per heavy atom. The molecule has 144 valence electrons. The molecular weight excluding hydrogens is 448 g/mol. The van der Waals surface area contributed by atoms with Gasteiger partial charge in [-0.1, -0.05) is 29.8 Å². The molecule has 1 amide bonds. The molecule has 2 N–H and O–H groups in total. The summed E-state index contributed by atoms with van der Waals surface area (Å²) in [5, 5.41) is 7.38. The van der Waals surface area contributed by atoms with Crippen LogP contribution in [0.25, 0.3) is 5.69 Å². The third-order valence-electron chi connectivity index (χ3n) is 3.77. The number of rotatable bonds is 6. The fraction of sp³-hybridized carbons (Fsp3) is 0.105. The summed E-state index contributed by atoms with van der Waals surface area (Å²) in [5.41, 5.74) is 3.77. The number of aryl methyl sites for hydroxylation is 1. The van der Waals surface area contributed by atoms with E-state index in [0.29, 0.717) is 32.2 Å². The van der Waals surface area contributed by atoms with Crippen molar-refractivity contribution in [1.29, 1.82) is 0 Å². The van der Waals surface area contributed by atoms with Crippen LogP contribution in [0.15, 0.2) is 62.9 Å². The zero-order valence-electron chi connectivity index (χ0n) is 14.8. The maximum atomic E-state index is 12.5. The SMILES string of the molecule is Cc1[nH]n(-c2ccccc2)c(=O)c1/C=N/NC(=O)COc1ccc(Cl)cc1Br. The van der Waals surface area contributed by atoms with Crippen molar-refractivity contribution in [3.05, 3.63) is 79.6 Å². The van der Waals surface area contributed by atoms with Crippen molar-refractivity contribution in [1.82, 2.24) is 15.2 Å². The number of aromatic amines is 1. The van der Waals surface area contributed by atoms with Crippen molar-refractivity contribution in [2.45, 2.75) is 6.92 Å². The van der Waals surface area contributed by atoms with Crippen molar-refractivity contribution in [2.75, 3.05) is 6.61 Å². The molecule has 0 aliphatic heterocycles. The first kappa shape index (κ1) is 19.9. The van der Waals surface area contributed by atoms with Crippen LogP contribution in [0.3, 0.4) is 0 Å². The van der Waals surface area contributed by atoms with Gasteiger partial charge in [0, 0.05) is 10.7 Å². The Morgan fingerprint density at radius 1 is 1.32 bits per heavy atom. The van der Waals surface area contributed by atoms with Crippen LogP contribution in [0.4, 0.5) is 0 Å². The number of carbonyl (C=O) groups is 1. The summed E-state index contributed by atoms with van der Waals surface area (Å²) in [4.78, 5) is 24.4. The van der Waals surface area contributed by atoms with Gasteiger partial charge in [-0.2, -0.15) is 5.10 Å². The van der Waals surface area contributed by atoms with Gasteiger partial charge in [0.25, 0.3) is 11.5 Å². The Balaban J connectivity index is 1.62. The Hall–Kier alpha value is -2.84. The number of nitrogens with zero attached hydrogens (tertiary/aromatic N) is 2. The third kappa shape index (κ3) is 4.71. The van der Waals surface area contributed by atoms with Gasteiger partial charge >= 0.3 is 0 Å². The lowest BCUT2D eigenvalue weighted by Crippen LogP contribution is -2.25. The molecule has 0 radical (unpaired) electrons. The van der Waals surface area contributed by atoms with Gasteiger partial charge in [-0.05, 0) is 53.2 Å². The largest absolute Gasteiger partial charge is 0.483 e. The fourth-order valence-corrected chi connectivity index (χ4v) is 3.20. The number of hydrogen-bond acceptors (Lipinski definition) is 4. The van der Waals surface area contributed by atoms with E-state index in [2.05, 4.69) is 31.6 Å². The van der Waals surface area contributed by atoms with Crippen LogP contribution >= 0.6 is 27.5 Å². The van der Waals surface area contributed by atoms with Crippen LogP contribution < -0.4 is 15.7 Å². The summed E-state index contributed by atoms with van der Waals surface area (Å²) in [6.45, 7) is 1.52. The highest BCUT2D eigenvalue weighted by Gasteiger charge is 2.11. The van der Waals surface area contributed by atoms with Gasteiger partial charge in [-0.15, -0.1) is 0 Å². The lowest BCUT2D eigenvalue weighted by atomic mass is 10.3. The van der Waals surface area contributed by atoms with E-state index < -0.39 is 5.91 Å². The van der Waals surface area contributed by atoms with Crippen LogP contribution in [0.5, 0.6) is 5.75 Å². The zero-order chi connectivity index (χ0) is 20.1. The summed E-state index contributed by atoms with van der Waals surface area (Å²) >= 11 is 9.17. The summed E-state index contributed by atoms with van der Waals surface area (Å²) in [6.07, 6.45) is 1.31. The van der Waals surface area contributed by atoms with E-state index in [4.69, 9.17) is 16.3 Å². The average Bonchev–Trinajstić information content (AvgIpc) is 2.96. The van der Waals surface area contributed by atoms with E-state index in [1.54, 1.807) is 25.1 Å². The number of ether oxygens (including phenoxy) is 1. The lowest BCUT2D eigenvalue weighted by Gasteiger charge is -2.07. The smallest absolute Gasteiger partial charge is 0.280 e. The molecule has 28 heavy (non-hydrogen) atoms.